The highest BCUT2D eigenvalue weighted by Crippen LogP contribution is 2.48. The average Bonchev–Trinajstić information content (AvgIpc) is 2.34. The quantitative estimate of drug-likeness (QED) is 0.583. The van der Waals surface area contributed by atoms with Crippen LogP contribution >= 0.6 is 7.37 Å². The van der Waals surface area contributed by atoms with Crippen LogP contribution in [0.15, 0.2) is 24.3 Å². The predicted molar refractivity (Wildman–Crippen MR) is 65.4 cm³/mol. The highest BCUT2D eigenvalue weighted by atomic mass is 31.2. The van der Waals surface area contributed by atoms with Gasteiger partial charge in [-0.2, -0.15) is 13.2 Å². The van der Waals surface area contributed by atoms with E-state index in [1.54, 1.807) is 6.92 Å². The summed E-state index contributed by atoms with van der Waals surface area (Å²) in [6.07, 6.45) is -3.65. The third-order valence-corrected chi connectivity index (χ3v) is 5.01. The molecule has 0 N–H and O–H groups in total. The highest BCUT2D eigenvalue weighted by Gasteiger charge is 2.35. The van der Waals surface area contributed by atoms with Crippen molar-refractivity contribution in [1.82, 2.24) is 0 Å². The number of benzene rings is 1. The topological polar surface area (TPSA) is 26.3 Å². The maximum Gasteiger partial charge on any atom is 0.412 e. The van der Waals surface area contributed by atoms with Crippen LogP contribution in [0.1, 0.15) is 19.8 Å². The Morgan fingerprint density at radius 3 is 2.42 bits per heavy atom. The van der Waals surface area contributed by atoms with E-state index in [0.29, 0.717) is 12.8 Å². The zero-order chi connectivity index (χ0) is 14.5. The number of hydrogen-bond acceptors (Lipinski definition) is 2. The minimum absolute atomic E-state index is 0.0967. The Hall–Kier alpha value is -0.870. The van der Waals surface area contributed by atoms with Gasteiger partial charge in [-0.15, -0.1) is 0 Å². The van der Waals surface area contributed by atoms with Crippen molar-refractivity contribution in [3.05, 3.63) is 30.1 Å². The lowest BCUT2D eigenvalue weighted by Crippen LogP contribution is -2.21. The second-order valence-corrected chi connectivity index (χ2v) is 6.62. The molecule has 0 amide bonds. The first-order valence-electron chi connectivity index (χ1n) is 5.84. The Balaban J connectivity index is 2.99. The lowest BCUT2D eigenvalue weighted by molar-refractivity contribution is -0.153. The number of alkyl halides is 3. The van der Waals surface area contributed by atoms with Crippen LogP contribution in [-0.2, 0) is 9.09 Å². The molecule has 0 bridgehead atoms. The largest absolute Gasteiger partial charge is 0.412 e. The van der Waals surface area contributed by atoms with E-state index in [9.17, 15) is 22.1 Å². The Morgan fingerprint density at radius 2 is 1.89 bits per heavy atom. The van der Waals surface area contributed by atoms with Crippen LogP contribution in [0, 0.1) is 5.82 Å². The summed E-state index contributed by atoms with van der Waals surface area (Å²) >= 11 is 0. The molecule has 19 heavy (non-hydrogen) atoms. The molecule has 1 aromatic rings. The van der Waals surface area contributed by atoms with Crippen molar-refractivity contribution in [3.8, 4) is 0 Å². The second kappa shape index (κ2) is 6.53. The summed E-state index contributed by atoms with van der Waals surface area (Å²) in [7, 11) is -3.82. The van der Waals surface area contributed by atoms with Crippen molar-refractivity contribution in [1.29, 1.82) is 0 Å². The third-order valence-electron chi connectivity index (χ3n) is 2.46. The van der Waals surface area contributed by atoms with Crippen molar-refractivity contribution in [2.24, 2.45) is 0 Å². The molecule has 0 saturated heterocycles. The predicted octanol–water partition coefficient (Wildman–Crippen LogP) is 4.11. The maximum atomic E-state index is 13.6. The van der Waals surface area contributed by atoms with Gasteiger partial charge in [-0.1, -0.05) is 25.5 Å². The SMILES string of the molecule is CCCCP(=O)(OCC(F)(F)F)c1ccccc1F. The number of unbranched alkanes of at least 4 members (excludes halogenated alkanes) is 1. The monoisotopic (exact) mass is 298 g/mol. The minimum Gasteiger partial charge on any atom is -0.316 e. The van der Waals surface area contributed by atoms with E-state index in [1.165, 1.54) is 18.2 Å². The van der Waals surface area contributed by atoms with Crippen molar-refractivity contribution in [3.63, 3.8) is 0 Å². The molecule has 0 heterocycles. The molecule has 1 unspecified atom stereocenters. The molecule has 108 valence electrons. The first-order chi connectivity index (χ1) is 8.78. The average molecular weight is 298 g/mol. The molecule has 0 fully saturated rings. The minimum atomic E-state index is -4.59. The van der Waals surface area contributed by atoms with Crippen LogP contribution in [0.5, 0.6) is 0 Å². The van der Waals surface area contributed by atoms with Crippen molar-refractivity contribution in [2.75, 3.05) is 12.8 Å². The van der Waals surface area contributed by atoms with E-state index in [1.807, 2.05) is 0 Å². The summed E-state index contributed by atoms with van der Waals surface area (Å²) in [5.41, 5.74) is 0. The first-order valence-corrected chi connectivity index (χ1v) is 7.65. The molecule has 0 aliphatic rings. The standard InChI is InChI=1S/C12H15F4O2P/c1-2-3-8-19(17,18-9-12(14,15)16)11-7-5-4-6-10(11)13/h4-7H,2-3,8-9H2,1H3. The summed E-state index contributed by atoms with van der Waals surface area (Å²) in [6.45, 7) is 0.164. The van der Waals surface area contributed by atoms with Crippen LogP contribution in [-0.4, -0.2) is 18.9 Å². The zero-order valence-electron chi connectivity index (χ0n) is 10.4. The van der Waals surface area contributed by atoms with Gasteiger partial charge in [-0.25, -0.2) is 4.39 Å². The summed E-state index contributed by atoms with van der Waals surface area (Å²) in [5, 5.41) is -0.271. The van der Waals surface area contributed by atoms with Crippen molar-refractivity contribution in [2.45, 2.75) is 25.9 Å². The fourth-order valence-electron chi connectivity index (χ4n) is 1.53. The Labute approximate surface area is 109 Å². The molecule has 0 spiro atoms. The van der Waals surface area contributed by atoms with Gasteiger partial charge in [-0.05, 0) is 18.6 Å². The van der Waals surface area contributed by atoms with Crippen LogP contribution in [0.3, 0.4) is 0 Å². The molecular formula is C12H15F4O2P. The van der Waals surface area contributed by atoms with E-state index in [-0.39, 0.29) is 11.5 Å². The number of rotatable bonds is 6. The van der Waals surface area contributed by atoms with E-state index >= 15 is 0 Å². The molecule has 0 saturated carbocycles. The summed E-state index contributed by atoms with van der Waals surface area (Å²) < 4.78 is 67.2. The van der Waals surface area contributed by atoms with Crippen LogP contribution in [0.4, 0.5) is 17.6 Å². The summed E-state index contributed by atoms with van der Waals surface area (Å²) in [6, 6.07) is 5.08. The van der Waals surface area contributed by atoms with Gasteiger partial charge in [0.05, 0.1) is 5.30 Å². The number of hydrogen-bond donors (Lipinski definition) is 0. The fraction of sp³-hybridized carbons (Fsp3) is 0.500. The third kappa shape index (κ3) is 4.96. The summed E-state index contributed by atoms with van der Waals surface area (Å²) in [4.78, 5) is 0. The smallest absolute Gasteiger partial charge is 0.316 e. The van der Waals surface area contributed by atoms with E-state index in [4.69, 9.17) is 0 Å². The van der Waals surface area contributed by atoms with Gasteiger partial charge in [0.2, 0.25) is 7.37 Å². The van der Waals surface area contributed by atoms with E-state index in [0.717, 1.165) is 6.07 Å². The Bertz CT molecular complexity index is 459. The van der Waals surface area contributed by atoms with Crippen molar-refractivity contribution >= 4 is 12.7 Å². The lowest BCUT2D eigenvalue weighted by Gasteiger charge is -2.20. The molecule has 2 nitrogen and oxygen atoms in total. The number of halogens is 4. The van der Waals surface area contributed by atoms with Crippen molar-refractivity contribution < 1.29 is 26.7 Å². The van der Waals surface area contributed by atoms with Gasteiger partial charge in [0.15, 0.2) is 6.61 Å². The first kappa shape index (κ1) is 16.2. The van der Waals surface area contributed by atoms with Gasteiger partial charge in [0.25, 0.3) is 0 Å². The fourth-order valence-corrected chi connectivity index (χ4v) is 3.84. The lowest BCUT2D eigenvalue weighted by atomic mass is 10.3. The summed E-state index contributed by atoms with van der Waals surface area (Å²) in [5.74, 6) is -0.802. The van der Waals surface area contributed by atoms with Gasteiger partial charge in [0, 0.05) is 6.16 Å². The molecule has 0 radical (unpaired) electrons. The molecule has 1 atom stereocenters. The second-order valence-electron chi connectivity index (χ2n) is 4.09. The Kier molecular flexibility index (Phi) is 5.56. The molecule has 0 aliphatic carbocycles. The molecule has 7 heteroatoms. The molecule has 0 aromatic heterocycles. The molecular weight excluding hydrogens is 283 g/mol. The molecule has 1 rings (SSSR count). The van der Waals surface area contributed by atoms with Gasteiger partial charge in [-0.3, -0.25) is 4.57 Å². The van der Waals surface area contributed by atoms with Gasteiger partial charge < -0.3 is 4.52 Å². The Morgan fingerprint density at radius 1 is 1.26 bits per heavy atom. The van der Waals surface area contributed by atoms with E-state index in [2.05, 4.69) is 4.52 Å². The zero-order valence-corrected chi connectivity index (χ0v) is 11.3. The van der Waals surface area contributed by atoms with Gasteiger partial charge in [0.1, 0.15) is 5.82 Å². The normalized spacial score (nSPS) is 15.2. The van der Waals surface area contributed by atoms with Crippen LogP contribution < -0.4 is 5.30 Å². The van der Waals surface area contributed by atoms with Crippen LogP contribution in [0.2, 0.25) is 0 Å². The molecule has 0 aliphatic heterocycles. The highest BCUT2D eigenvalue weighted by molar-refractivity contribution is 7.67. The van der Waals surface area contributed by atoms with Crippen LogP contribution in [0.25, 0.3) is 0 Å². The van der Waals surface area contributed by atoms with E-state index < -0.39 is 26.0 Å². The van der Waals surface area contributed by atoms with Gasteiger partial charge >= 0.3 is 6.18 Å². The molecule has 1 aromatic carbocycles. The maximum absolute atomic E-state index is 13.6.